The van der Waals surface area contributed by atoms with Crippen LogP contribution in [0.2, 0.25) is 0 Å². The maximum Gasteiger partial charge on any atom is 0.261 e. The van der Waals surface area contributed by atoms with Crippen molar-refractivity contribution in [3.05, 3.63) is 47.0 Å². The molecular formula is C22H25NO6. The van der Waals surface area contributed by atoms with Crippen LogP contribution in [0.1, 0.15) is 34.3 Å². The molecule has 0 atom stereocenters. The van der Waals surface area contributed by atoms with Crippen LogP contribution < -0.4 is 9.47 Å². The van der Waals surface area contributed by atoms with Crippen molar-refractivity contribution in [2.75, 3.05) is 33.9 Å². The molecule has 2 aliphatic rings. The van der Waals surface area contributed by atoms with E-state index in [9.17, 15) is 15.0 Å². The zero-order valence-corrected chi connectivity index (χ0v) is 16.6. The van der Waals surface area contributed by atoms with Gasteiger partial charge in [0.1, 0.15) is 17.1 Å². The monoisotopic (exact) mass is 399 g/mol. The number of carbonyl (C=O) groups is 1. The molecule has 0 aromatic heterocycles. The van der Waals surface area contributed by atoms with Gasteiger partial charge in [0.15, 0.2) is 11.5 Å². The van der Waals surface area contributed by atoms with Crippen molar-refractivity contribution in [3.63, 3.8) is 0 Å². The largest absolute Gasteiger partial charge is 0.507 e. The minimum absolute atomic E-state index is 0.0557. The lowest BCUT2D eigenvalue weighted by Gasteiger charge is -2.45. The molecule has 154 valence electrons. The van der Waals surface area contributed by atoms with Gasteiger partial charge in [-0.1, -0.05) is 6.07 Å². The van der Waals surface area contributed by atoms with Crippen molar-refractivity contribution < 1.29 is 29.2 Å². The number of phenols is 2. The quantitative estimate of drug-likeness (QED) is 0.825. The molecule has 29 heavy (non-hydrogen) atoms. The predicted molar refractivity (Wildman–Crippen MR) is 106 cm³/mol. The summed E-state index contributed by atoms with van der Waals surface area (Å²) < 4.78 is 17.2. The smallest absolute Gasteiger partial charge is 0.261 e. The predicted octanol–water partition coefficient (Wildman–Crippen LogP) is 2.82. The van der Waals surface area contributed by atoms with Crippen molar-refractivity contribution in [2.45, 2.75) is 24.9 Å². The molecule has 1 amide bonds. The lowest BCUT2D eigenvalue weighted by atomic mass is 9.79. The highest BCUT2D eigenvalue weighted by molar-refractivity contribution is 5.99. The van der Waals surface area contributed by atoms with Crippen molar-refractivity contribution in [1.82, 2.24) is 4.90 Å². The van der Waals surface area contributed by atoms with Crippen molar-refractivity contribution in [2.24, 2.45) is 0 Å². The number of hydrogen-bond acceptors (Lipinski definition) is 6. The molecule has 1 saturated heterocycles. The summed E-state index contributed by atoms with van der Waals surface area (Å²) in [7, 11) is 3.23. The Bertz CT molecular complexity index is 913. The Morgan fingerprint density at radius 3 is 2.31 bits per heavy atom. The molecule has 0 unspecified atom stereocenters. The zero-order chi connectivity index (χ0) is 20.6. The number of methoxy groups -OCH3 is 2. The number of phenolic OH excluding ortho intramolecular Hbond substituents is 2. The summed E-state index contributed by atoms with van der Waals surface area (Å²) in [5.74, 6) is 0.552. The minimum Gasteiger partial charge on any atom is -0.507 e. The Labute approximate surface area is 169 Å². The molecule has 0 aliphatic carbocycles. The average molecular weight is 399 g/mol. The molecule has 1 spiro atoms. The fourth-order valence-corrected chi connectivity index (χ4v) is 4.38. The number of amides is 1. The van der Waals surface area contributed by atoms with E-state index in [2.05, 4.69) is 0 Å². The Kier molecular flexibility index (Phi) is 5.00. The average Bonchev–Trinajstić information content (AvgIpc) is 2.73. The third-order valence-electron chi connectivity index (χ3n) is 5.94. The normalized spacial score (nSPS) is 17.7. The van der Waals surface area contributed by atoms with E-state index >= 15 is 0 Å². The van der Waals surface area contributed by atoms with E-state index in [0.717, 1.165) is 12.0 Å². The minimum atomic E-state index is -0.481. The molecule has 7 heteroatoms. The molecule has 1 fully saturated rings. The van der Waals surface area contributed by atoms with E-state index in [-0.39, 0.29) is 23.0 Å². The molecular weight excluding hydrogens is 374 g/mol. The van der Waals surface area contributed by atoms with Crippen molar-refractivity contribution in [3.8, 4) is 23.0 Å². The maximum absolute atomic E-state index is 12.9. The number of hydrogen-bond donors (Lipinski definition) is 2. The van der Waals surface area contributed by atoms with E-state index in [0.29, 0.717) is 44.0 Å². The van der Waals surface area contributed by atoms with Crippen LogP contribution in [0.25, 0.3) is 0 Å². The van der Waals surface area contributed by atoms with Crippen LogP contribution in [0.5, 0.6) is 23.0 Å². The van der Waals surface area contributed by atoms with Crippen LogP contribution in [-0.2, 0) is 16.8 Å². The summed E-state index contributed by atoms with van der Waals surface area (Å²) in [6.45, 7) is 1.53. The SMILES string of the molecule is COc1cc2c(cc1OC)C1(CCN(C(=O)c3c(O)cccc3O)CC1)OCC2. The number of rotatable bonds is 3. The molecule has 2 aromatic carbocycles. The van der Waals surface area contributed by atoms with Gasteiger partial charge in [-0.25, -0.2) is 0 Å². The molecule has 2 N–H and O–H groups in total. The van der Waals surface area contributed by atoms with E-state index < -0.39 is 5.60 Å². The topological polar surface area (TPSA) is 88.5 Å². The number of aromatic hydroxyl groups is 2. The second kappa shape index (κ2) is 7.48. The second-order valence-electron chi connectivity index (χ2n) is 7.42. The van der Waals surface area contributed by atoms with Gasteiger partial charge in [-0.2, -0.15) is 0 Å². The zero-order valence-electron chi connectivity index (χ0n) is 16.6. The molecule has 2 aromatic rings. The number of nitrogens with zero attached hydrogens (tertiary/aromatic N) is 1. The first-order valence-corrected chi connectivity index (χ1v) is 9.68. The summed E-state index contributed by atoms with van der Waals surface area (Å²) in [6.07, 6.45) is 2.04. The summed E-state index contributed by atoms with van der Waals surface area (Å²) in [5, 5.41) is 20.0. The third-order valence-corrected chi connectivity index (χ3v) is 5.94. The van der Waals surface area contributed by atoms with E-state index in [1.54, 1.807) is 19.1 Å². The number of likely N-dealkylation sites (tertiary alicyclic amines) is 1. The molecule has 7 nitrogen and oxygen atoms in total. The summed E-state index contributed by atoms with van der Waals surface area (Å²) in [4.78, 5) is 14.5. The number of carbonyl (C=O) groups excluding carboxylic acids is 1. The van der Waals surface area contributed by atoms with E-state index in [1.165, 1.54) is 23.8 Å². The van der Waals surface area contributed by atoms with Crippen molar-refractivity contribution >= 4 is 5.91 Å². The van der Waals surface area contributed by atoms with Gasteiger partial charge in [0.2, 0.25) is 0 Å². The Balaban J connectivity index is 1.59. The van der Waals surface area contributed by atoms with Gasteiger partial charge in [-0.05, 0) is 54.7 Å². The third kappa shape index (κ3) is 3.25. The Morgan fingerprint density at radius 1 is 1.07 bits per heavy atom. The second-order valence-corrected chi connectivity index (χ2v) is 7.42. The molecule has 0 radical (unpaired) electrons. The van der Waals surface area contributed by atoms with Crippen LogP contribution >= 0.6 is 0 Å². The van der Waals surface area contributed by atoms with Crippen LogP contribution in [0, 0.1) is 0 Å². The highest BCUT2D eigenvalue weighted by Crippen LogP contribution is 2.45. The summed E-state index contributed by atoms with van der Waals surface area (Å²) in [5.41, 5.74) is 1.72. The number of ether oxygens (including phenoxy) is 3. The molecule has 0 saturated carbocycles. The van der Waals surface area contributed by atoms with Gasteiger partial charge in [0, 0.05) is 13.1 Å². The highest BCUT2D eigenvalue weighted by Gasteiger charge is 2.43. The maximum atomic E-state index is 12.9. The number of benzene rings is 2. The van der Waals surface area contributed by atoms with Crippen LogP contribution in [0.4, 0.5) is 0 Å². The standard InChI is InChI=1S/C22H25NO6/c1-27-18-12-14-6-11-29-22(15(14)13-19(18)28-2)7-9-23(10-8-22)21(26)20-16(24)4-3-5-17(20)25/h3-5,12-13,24-25H,6-11H2,1-2H3. The fourth-order valence-electron chi connectivity index (χ4n) is 4.38. The van der Waals surface area contributed by atoms with Crippen LogP contribution in [0.15, 0.2) is 30.3 Å². The van der Waals surface area contributed by atoms with Crippen LogP contribution in [-0.4, -0.2) is 54.9 Å². The van der Waals surface area contributed by atoms with Gasteiger partial charge in [0.25, 0.3) is 5.91 Å². The summed E-state index contributed by atoms with van der Waals surface area (Å²) >= 11 is 0. The first-order chi connectivity index (χ1) is 14.0. The van der Waals surface area contributed by atoms with E-state index in [1.807, 2.05) is 12.1 Å². The molecule has 4 rings (SSSR count). The Hall–Kier alpha value is -2.93. The van der Waals surface area contributed by atoms with Crippen molar-refractivity contribution in [1.29, 1.82) is 0 Å². The van der Waals surface area contributed by atoms with Gasteiger partial charge in [0.05, 0.1) is 26.4 Å². The molecule has 2 aliphatic heterocycles. The number of fused-ring (bicyclic) bond motifs is 2. The van der Waals surface area contributed by atoms with Gasteiger partial charge in [-0.15, -0.1) is 0 Å². The number of piperidine rings is 1. The highest BCUT2D eigenvalue weighted by atomic mass is 16.5. The lowest BCUT2D eigenvalue weighted by molar-refractivity contribution is -0.0936. The fraction of sp³-hybridized carbons (Fsp3) is 0.409. The first kappa shape index (κ1) is 19.4. The lowest BCUT2D eigenvalue weighted by Crippen LogP contribution is -2.48. The Morgan fingerprint density at radius 2 is 1.69 bits per heavy atom. The van der Waals surface area contributed by atoms with Crippen LogP contribution in [0.3, 0.4) is 0 Å². The molecule has 2 heterocycles. The van der Waals surface area contributed by atoms with Gasteiger partial charge in [-0.3, -0.25) is 4.79 Å². The summed E-state index contributed by atoms with van der Waals surface area (Å²) in [6, 6.07) is 8.30. The molecule has 0 bridgehead atoms. The van der Waals surface area contributed by atoms with Gasteiger partial charge >= 0.3 is 0 Å². The first-order valence-electron chi connectivity index (χ1n) is 9.68. The van der Waals surface area contributed by atoms with Gasteiger partial charge < -0.3 is 29.3 Å². The van der Waals surface area contributed by atoms with E-state index in [4.69, 9.17) is 14.2 Å².